The molecule has 0 aromatic carbocycles. The smallest absolute Gasteiger partial charge is 0.325 e. The van der Waals surface area contributed by atoms with Gasteiger partial charge in [-0.1, -0.05) is 0 Å². The summed E-state index contributed by atoms with van der Waals surface area (Å²) in [6.45, 7) is 4.31. The second-order valence-electron chi connectivity index (χ2n) is 4.61. The lowest BCUT2D eigenvalue weighted by Gasteiger charge is -2.10. The molecule has 1 atom stereocenters. The quantitative estimate of drug-likeness (QED) is 0.814. The van der Waals surface area contributed by atoms with Gasteiger partial charge in [-0.2, -0.15) is 10.2 Å². The molecule has 1 amide bonds. The lowest BCUT2D eigenvalue weighted by molar-refractivity contribution is -0.137. The van der Waals surface area contributed by atoms with E-state index in [1.807, 2.05) is 26.1 Å². The van der Waals surface area contributed by atoms with Crippen LogP contribution in [0.2, 0.25) is 0 Å². The predicted molar refractivity (Wildman–Crippen MR) is 73.6 cm³/mol. The molecule has 2 aromatic heterocycles. The first-order chi connectivity index (χ1) is 9.99. The van der Waals surface area contributed by atoms with E-state index in [4.69, 9.17) is 5.11 Å². The van der Waals surface area contributed by atoms with Crippen LogP contribution in [0.1, 0.15) is 35.9 Å². The van der Waals surface area contributed by atoms with E-state index in [9.17, 15) is 9.59 Å². The predicted octanol–water partition coefficient (Wildman–Crippen LogP) is 0.675. The van der Waals surface area contributed by atoms with Crippen molar-refractivity contribution in [3.63, 3.8) is 0 Å². The van der Waals surface area contributed by atoms with Crippen LogP contribution in [0, 0.1) is 0 Å². The van der Waals surface area contributed by atoms with Crippen molar-refractivity contribution >= 4 is 11.9 Å². The molecule has 0 saturated carbocycles. The highest BCUT2D eigenvalue weighted by atomic mass is 16.4. The Morgan fingerprint density at radius 3 is 2.81 bits per heavy atom. The number of carbonyl (C=O) groups excluding carboxylic acids is 1. The minimum atomic E-state index is -1.01. The number of amides is 1. The molecule has 0 saturated heterocycles. The van der Waals surface area contributed by atoms with Gasteiger partial charge in [0.1, 0.15) is 6.54 Å². The van der Waals surface area contributed by atoms with Gasteiger partial charge in [-0.3, -0.25) is 19.0 Å². The SMILES string of the molecule is CCn1ccc(C(C)NC(=O)c2cnn(CC(=O)O)c2)n1. The van der Waals surface area contributed by atoms with Crippen molar-refractivity contribution in [3.8, 4) is 0 Å². The van der Waals surface area contributed by atoms with Crippen LogP contribution in [0.4, 0.5) is 0 Å². The summed E-state index contributed by atoms with van der Waals surface area (Å²) in [4.78, 5) is 22.6. The lowest BCUT2D eigenvalue weighted by Crippen LogP contribution is -2.26. The molecular formula is C13H17N5O3. The molecule has 0 spiro atoms. The Labute approximate surface area is 121 Å². The molecule has 2 aromatic rings. The van der Waals surface area contributed by atoms with Crippen molar-refractivity contribution in [1.29, 1.82) is 0 Å². The molecule has 2 heterocycles. The number of carbonyl (C=O) groups is 2. The number of rotatable bonds is 6. The zero-order valence-electron chi connectivity index (χ0n) is 11.9. The summed E-state index contributed by atoms with van der Waals surface area (Å²) >= 11 is 0. The van der Waals surface area contributed by atoms with Gasteiger partial charge < -0.3 is 10.4 Å². The van der Waals surface area contributed by atoms with Crippen LogP contribution in [-0.4, -0.2) is 36.5 Å². The summed E-state index contributed by atoms with van der Waals surface area (Å²) in [5.74, 6) is -1.33. The van der Waals surface area contributed by atoms with Gasteiger partial charge in [0.25, 0.3) is 5.91 Å². The van der Waals surface area contributed by atoms with Crippen molar-refractivity contribution in [2.45, 2.75) is 33.0 Å². The maximum Gasteiger partial charge on any atom is 0.325 e. The molecule has 0 aliphatic carbocycles. The van der Waals surface area contributed by atoms with E-state index in [1.165, 1.54) is 17.1 Å². The highest BCUT2D eigenvalue weighted by Crippen LogP contribution is 2.10. The third-order valence-corrected chi connectivity index (χ3v) is 2.97. The number of aryl methyl sites for hydroxylation is 1. The van der Waals surface area contributed by atoms with E-state index in [2.05, 4.69) is 15.5 Å². The second-order valence-corrected chi connectivity index (χ2v) is 4.61. The molecule has 0 radical (unpaired) electrons. The first-order valence-corrected chi connectivity index (χ1v) is 6.58. The second kappa shape index (κ2) is 6.21. The Morgan fingerprint density at radius 2 is 2.19 bits per heavy atom. The average molecular weight is 291 g/mol. The standard InChI is InChI=1S/C13H17N5O3/c1-3-17-5-4-11(16-17)9(2)15-13(21)10-6-14-18(7-10)8-12(19)20/h4-7,9H,3,8H2,1-2H3,(H,15,21)(H,19,20). The largest absolute Gasteiger partial charge is 0.480 e. The fourth-order valence-corrected chi connectivity index (χ4v) is 1.84. The van der Waals surface area contributed by atoms with Crippen molar-refractivity contribution in [1.82, 2.24) is 24.9 Å². The van der Waals surface area contributed by atoms with Crippen molar-refractivity contribution in [3.05, 3.63) is 35.9 Å². The summed E-state index contributed by atoms with van der Waals surface area (Å²) in [7, 11) is 0. The monoisotopic (exact) mass is 291 g/mol. The van der Waals surface area contributed by atoms with Crippen LogP contribution in [0.5, 0.6) is 0 Å². The van der Waals surface area contributed by atoms with Gasteiger partial charge in [0.2, 0.25) is 0 Å². The molecule has 8 heteroatoms. The lowest BCUT2D eigenvalue weighted by atomic mass is 10.2. The normalized spacial score (nSPS) is 12.1. The molecule has 0 aliphatic heterocycles. The van der Waals surface area contributed by atoms with Crippen molar-refractivity contribution in [2.24, 2.45) is 0 Å². The Kier molecular flexibility index (Phi) is 4.36. The maximum absolute atomic E-state index is 12.1. The van der Waals surface area contributed by atoms with E-state index in [1.54, 1.807) is 4.68 Å². The molecule has 21 heavy (non-hydrogen) atoms. The maximum atomic E-state index is 12.1. The fourth-order valence-electron chi connectivity index (χ4n) is 1.84. The van der Waals surface area contributed by atoms with Gasteiger partial charge in [0.05, 0.1) is 23.5 Å². The summed E-state index contributed by atoms with van der Waals surface area (Å²) in [5.41, 5.74) is 1.08. The van der Waals surface area contributed by atoms with Gasteiger partial charge in [-0.25, -0.2) is 0 Å². The fraction of sp³-hybridized carbons (Fsp3) is 0.385. The highest BCUT2D eigenvalue weighted by molar-refractivity contribution is 5.93. The summed E-state index contributed by atoms with van der Waals surface area (Å²) in [5, 5.41) is 19.6. The first-order valence-electron chi connectivity index (χ1n) is 6.58. The van der Waals surface area contributed by atoms with Crippen LogP contribution in [-0.2, 0) is 17.9 Å². The highest BCUT2D eigenvalue weighted by Gasteiger charge is 2.15. The molecular weight excluding hydrogens is 274 g/mol. The van der Waals surface area contributed by atoms with E-state index in [0.29, 0.717) is 5.56 Å². The number of carboxylic acids is 1. The molecule has 0 fully saturated rings. The number of carboxylic acid groups (broad SMARTS) is 1. The van der Waals surface area contributed by atoms with Gasteiger partial charge >= 0.3 is 5.97 Å². The molecule has 112 valence electrons. The van der Waals surface area contributed by atoms with Gasteiger partial charge in [-0.05, 0) is 19.9 Å². The average Bonchev–Trinajstić information content (AvgIpc) is 3.06. The topological polar surface area (TPSA) is 102 Å². The van der Waals surface area contributed by atoms with E-state index in [0.717, 1.165) is 12.2 Å². The van der Waals surface area contributed by atoms with Gasteiger partial charge in [-0.15, -0.1) is 0 Å². The minimum absolute atomic E-state index is 0.242. The first kappa shape index (κ1) is 14.8. The van der Waals surface area contributed by atoms with Crippen LogP contribution in [0.3, 0.4) is 0 Å². The Hall–Kier alpha value is -2.64. The van der Waals surface area contributed by atoms with Crippen LogP contribution >= 0.6 is 0 Å². The number of hydrogen-bond donors (Lipinski definition) is 2. The van der Waals surface area contributed by atoms with Crippen LogP contribution in [0.25, 0.3) is 0 Å². The molecule has 2 rings (SSSR count). The zero-order chi connectivity index (χ0) is 15.4. The summed E-state index contributed by atoms with van der Waals surface area (Å²) < 4.78 is 2.98. The van der Waals surface area contributed by atoms with Crippen LogP contribution in [0.15, 0.2) is 24.7 Å². The van der Waals surface area contributed by atoms with Gasteiger partial charge in [0, 0.05) is 18.9 Å². The van der Waals surface area contributed by atoms with E-state index >= 15 is 0 Å². The number of nitrogens with zero attached hydrogens (tertiary/aromatic N) is 4. The number of hydrogen-bond acceptors (Lipinski definition) is 4. The van der Waals surface area contributed by atoms with Gasteiger partial charge in [0.15, 0.2) is 0 Å². The van der Waals surface area contributed by atoms with Crippen molar-refractivity contribution in [2.75, 3.05) is 0 Å². The number of aromatic nitrogens is 4. The van der Waals surface area contributed by atoms with Crippen LogP contribution < -0.4 is 5.32 Å². The third-order valence-electron chi connectivity index (χ3n) is 2.97. The Bertz CT molecular complexity index is 646. The Balaban J connectivity index is 2.00. The number of nitrogens with one attached hydrogen (secondary N) is 1. The molecule has 8 nitrogen and oxygen atoms in total. The Morgan fingerprint density at radius 1 is 1.43 bits per heavy atom. The summed E-state index contributed by atoms with van der Waals surface area (Å²) in [6.07, 6.45) is 4.60. The van der Waals surface area contributed by atoms with Crippen molar-refractivity contribution < 1.29 is 14.7 Å². The molecule has 2 N–H and O–H groups in total. The summed E-state index contributed by atoms with van der Waals surface area (Å²) in [6, 6.07) is 1.61. The molecule has 0 bridgehead atoms. The third kappa shape index (κ3) is 3.68. The minimum Gasteiger partial charge on any atom is -0.480 e. The van der Waals surface area contributed by atoms with E-state index < -0.39 is 5.97 Å². The van der Waals surface area contributed by atoms with E-state index in [-0.39, 0.29) is 18.5 Å². The molecule has 0 aliphatic rings. The zero-order valence-corrected chi connectivity index (χ0v) is 11.9. The molecule has 1 unspecified atom stereocenters. The number of aliphatic carboxylic acids is 1.